The van der Waals surface area contributed by atoms with Crippen molar-refractivity contribution < 1.29 is 0 Å². The van der Waals surface area contributed by atoms with E-state index in [0.717, 1.165) is 4.88 Å². The fourth-order valence-corrected chi connectivity index (χ4v) is 0.779. The Morgan fingerprint density at radius 2 is 2.71 bits per heavy atom. The molecule has 0 spiro atoms. The van der Waals surface area contributed by atoms with E-state index in [-0.39, 0.29) is 0 Å². The van der Waals surface area contributed by atoms with Crippen molar-refractivity contribution in [2.45, 2.75) is 0 Å². The molecule has 1 aromatic heterocycles. The van der Waals surface area contributed by atoms with Crippen LogP contribution < -0.4 is 0 Å². The van der Waals surface area contributed by atoms with Crippen LogP contribution in [-0.2, 0) is 0 Å². The van der Waals surface area contributed by atoms with E-state index < -0.39 is 0 Å². The highest BCUT2D eigenvalue weighted by molar-refractivity contribution is 7.10. The average molecular weight is 106 g/mol. The lowest BCUT2D eigenvalue weighted by molar-refractivity contribution is 1.90. The van der Waals surface area contributed by atoms with Crippen LogP contribution in [-0.4, -0.2) is 0 Å². The summed E-state index contributed by atoms with van der Waals surface area (Å²) in [5.41, 5.74) is 0. The molecule has 0 amide bonds. The average Bonchev–Trinajstić information content (AvgIpc) is 2.14. The molecule has 0 nitrogen and oxygen atoms in total. The molecule has 32 valence electrons. The van der Waals surface area contributed by atoms with Gasteiger partial charge < -0.3 is 0 Å². The van der Waals surface area contributed by atoms with Crippen LogP contribution in [0.2, 0.25) is 0 Å². The van der Waals surface area contributed by atoms with E-state index in [1.807, 2.05) is 5.38 Å². The van der Waals surface area contributed by atoms with Gasteiger partial charge >= 0.3 is 0 Å². The van der Waals surface area contributed by atoms with Crippen LogP contribution >= 0.6 is 11.3 Å². The van der Waals surface area contributed by atoms with Gasteiger partial charge in [-0.1, -0.05) is 0 Å². The molecule has 0 unspecified atom stereocenters. The van der Waals surface area contributed by atoms with Gasteiger partial charge in [-0.3, -0.25) is 0 Å². The minimum Gasteiger partial charge on any atom is -0.135 e. The molecule has 0 aliphatic heterocycles. The highest BCUT2D eigenvalue weighted by Gasteiger charge is 1.80. The van der Waals surface area contributed by atoms with Crippen LogP contribution in [0.5, 0.6) is 0 Å². The Morgan fingerprint density at radius 1 is 1.86 bits per heavy atom. The molecule has 0 aliphatic carbocycles. The standard InChI is InChI=1S/C6H2S/c1-2-6-4-3-5-7-6/h3,5H. The molecule has 0 fully saturated rings. The summed E-state index contributed by atoms with van der Waals surface area (Å²) in [6, 6.07) is 4.59. The van der Waals surface area contributed by atoms with Crippen LogP contribution in [0.25, 0.3) is 0 Å². The van der Waals surface area contributed by atoms with Gasteiger partial charge in [0.1, 0.15) is 0 Å². The predicted molar refractivity (Wildman–Crippen MR) is 29.4 cm³/mol. The lowest BCUT2D eigenvalue weighted by Crippen LogP contribution is -1.51. The molecule has 1 aromatic rings. The fraction of sp³-hybridized carbons (Fsp3) is 0. The van der Waals surface area contributed by atoms with Crippen LogP contribution in [0.1, 0.15) is 4.88 Å². The van der Waals surface area contributed by atoms with Crippen molar-refractivity contribution >= 4 is 11.3 Å². The largest absolute Gasteiger partial charge is 0.135 e. The zero-order chi connectivity index (χ0) is 5.11. The van der Waals surface area contributed by atoms with Crippen molar-refractivity contribution in [1.29, 1.82) is 0 Å². The molecule has 0 N–H and O–H groups in total. The van der Waals surface area contributed by atoms with Crippen LogP contribution in [0.4, 0.5) is 0 Å². The maximum atomic E-state index is 6.59. The maximum Gasteiger partial charge on any atom is 0.0857 e. The van der Waals surface area contributed by atoms with E-state index in [1.165, 1.54) is 11.3 Å². The van der Waals surface area contributed by atoms with Crippen molar-refractivity contribution in [1.82, 2.24) is 0 Å². The number of hydrogen-bond donors (Lipinski definition) is 0. The predicted octanol–water partition coefficient (Wildman–Crippen LogP) is 1.49. The molecule has 0 aliphatic rings. The molecule has 0 atom stereocenters. The van der Waals surface area contributed by atoms with Gasteiger partial charge in [0.15, 0.2) is 0 Å². The van der Waals surface area contributed by atoms with Gasteiger partial charge in [-0.25, -0.2) is 0 Å². The first kappa shape index (κ1) is 4.42. The molecule has 1 rings (SSSR count). The molecule has 0 saturated heterocycles. The van der Waals surface area contributed by atoms with Crippen molar-refractivity contribution in [3.63, 3.8) is 0 Å². The summed E-state index contributed by atoms with van der Waals surface area (Å²) >= 11 is 1.47. The monoisotopic (exact) mass is 106 g/mol. The fourth-order valence-electron chi connectivity index (χ4n) is 0.311. The van der Waals surface area contributed by atoms with E-state index >= 15 is 0 Å². The van der Waals surface area contributed by atoms with Crippen LogP contribution in [0.15, 0.2) is 11.4 Å². The molecule has 0 saturated carbocycles. The molecule has 2 radical (unpaired) electrons. The summed E-state index contributed by atoms with van der Waals surface area (Å²) in [7, 11) is 0. The van der Waals surface area contributed by atoms with Gasteiger partial charge in [0, 0.05) is 6.07 Å². The second kappa shape index (κ2) is 1.81. The molecule has 0 bridgehead atoms. The first-order valence-corrected chi connectivity index (χ1v) is 2.69. The zero-order valence-corrected chi connectivity index (χ0v) is 4.38. The number of hydrogen-bond acceptors (Lipinski definition) is 1. The summed E-state index contributed by atoms with van der Waals surface area (Å²) in [5, 5.41) is 1.87. The minimum atomic E-state index is 0.764. The third-order valence-electron chi connectivity index (χ3n) is 0.582. The molecular formula is C6H2S. The highest BCUT2D eigenvalue weighted by atomic mass is 32.1. The Labute approximate surface area is 46.8 Å². The summed E-state index contributed by atoms with van der Waals surface area (Å²) in [5.74, 6) is 2.22. The maximum absolute atomic E-state index is 6.59. The van der Waals surface area contributed by atoms with Gasteiger partial charge in [0.25, 0.3) is 0 Å². The quantitative estimate of drug-likeness (QED) is 0.439. The summed E-state index contributed by atoms with van der Waals surface area (Å²) in [6.07, 6.45) is 6.59. The Bertz CT molecular complexity index is 167. The summed E-state index contributed by atoms with van der Waals surface area (Å²) in [4.78, 5) is 0.764. The second-order valence-electron chi connectivity index (χ2n) is 1.02. The van der Waals surface area contributed by atoms with Crippen molar-refractivity contribution in [2.75, 3.05) is 0 Å². The molecule has 0 aromatic carbocycles. The SMILES string of the molecule is [C]#Cc1[c]ccs1. The Morgan fingerprint density at radius 3 is 3.00 bits per heavy atom. The van der Waals surface area contributed by atoms with Gasteiger partial charge in [-0.2, -0.15) is 0 Å². The normalized spacial score (nSPS) is 7.86. The first-order chi connectivity index (χ1) is 3.43. The third-order valence-corrected chi connectivity index (χ3v) is 1.31. The number of rotatable bonds is 0. The van der Waals surface area contributed by atoms with Gasteiger partial charge in [-0.05, 0) is 23.8 Å². The molecule has 7 heavy (non-hydrogen) atoms. The van der Waals surface area contributed by atoms with E-state index in [1.54, 1.807) is 6.07 Å². The van der Waals surface area contributed by atoms with Gasteiger partial charge in [0.05, 0.1) is 4.88 Å². The van der Waals surface area contributed by atoms with Crippen LogP contribution in [0.3, 0.4) is 0 Å². The lowest BCUT2D eigenvalue weighted by atomic mass is 10.5. The van der Waals surface area contributed by atoms with Crippen molar-refractivity contribution in [3.05, 3.63) is 28.8 Å². The lowest BCUT2D eigenvalue weighted by Gasteiger charge is -1.65. The third kappa shape index (κ3) is 0.819. The highest BCUT2D eigenvalue weighted by Crippen LogP contribution is 2.03. The van der Waals surface area contributed by atoms with E-state index in [0.29, 0.717) is 0 Å². The van der Waals surface area contributed by atoms with E-state index in [4.69, 9.17) is 6.42 Å². The van der Waals surface area contributed by atoms with Gasteiger partial charge in [-0.15, -0.1) is 11.3 Å². The van der Waals surface area contributed by atoms with Gasteiger partial charge in [0.2, 0.25) is 0 Å². The molecular weight excluding hydrogens is 104 g/mol. The second-order valence-corrected chi connectivity index (χ2v) is 1.94. The number of thiophene rings is 1. The summed E-state index contributed by atoms with van der Waals surface area (Å²) < 4.78 is 0. The van der Waals surface area contributed by atoms with E-state index in [2.05, 4.69) is 12.0 Å². The smallest absolute Gasteiger partial charge is 0.0857 e. The molecule has 1 heteroatoms. The minimum absolute atomic E-state index is 0.764. The Hall–Kier alpha value is -0.740. The topological polar surface area (TPSA) is 0 Å². The van der Waals surface area contributed by atoms with Crippen molar-refractivity contribution in [2.24, 2.45) is 0 Å². The van der Waals surface area contributed by atoms with E-state index in [9.17, 15) is 0 Å². The zero-order valence-electron chi connectivity index (χ0n) is 3.56. The van der Waals surface area contributed by atoms with Crippen molar-refractivity contribution in [3.8, 4) is 5.92 Å². The Balaban J connectivity index is 3.04. The first-order valence-electron chi connectivity index (χ1n) is 1.81. The summed E-state index contributed by atoms with van der Waals surface area (Å²) in [6.45, 7) is 0. The van der Waals surface area contributed by atoms with Crippen LogP contribution in [0, 0.1) is 18.4 Å². The Kier molecular flexibility index (Phi) is 1.14. The molecule has 1 heterocycles.